The van der Waals surface area contributed by atoms with Gasteiger partial charge in [-0.05, 0) is 25.6 Å². The molecule has 0 aliphatic rings. The van der Waals surface area contributed by atoms with Crippen LogP contribution in [0.2, 0.25) is 0 Å². The fourth-order valence-corrected chi connectivity index (χ4v) is 1.05. The van der Waals surface area contributed by atoms with Crippen molar-refractivity contribution in [2.24, 2.45) is 0 Å². The number of thioether (sulfide) groups is 1. The van der Waals surface area contributed by atoms with Gasteiger partial charge in [-0.25, -0.2) is 9.59 Å². The van der Waals surface area contributed by atoms with Crippen molar-refractivity contribution in [2.75, 3.05) is 12.4 Å². The van der Waals surface area contributed by atoms with Gasteiger partial charge in [-0.3, -0.25) is 0 Å². The van der Waals surface area contributed by atoms with Crippen LogP contribution in [0.1, 0.15) is 20.8 Å². The van der Waals surface area contributed by atoms with E-state index in [1.165, 1.54) is 6.92 Å². The summed E-state index contributed by atoms with van der Waals surface area (Å²) < 4.78 is 9.41. The lowest BCUT2D eigenvalue weighted by Gasteiger charge is -2.10. The van der Waals surface area contributed by atoms with E-state index in [9.17, 15) is 9.59 Å². The van der Waals surface area contributed by atoms with Crippen molar-refractivity contribution >= 4 is 23.0 Å². The zero-order chi connectivity index (χ0) is 10.3. The van der Waals surface area contributed by atoms with Crippen LogP contribution in [-0.2, 0) is 14.3 Å². The van der Waals surface area contributed by atoms with Gasteiger partial charge in [-0.15, -0.1) is 0 Å². The highest BCUT2D eigenvalue weighted by Gasteiger charge is 2.18. The predicted molar refractivity (Wildman–Crippen MR) is 50.7 cm³/mol. The lowest BCUT2D eigenvalue weighted by Crippen LogP contribution is -2.24. The SMILES string of the molecule is CCOC(=O)C(C)OC(=O)SCC. The van der Waals surface area contributed by atoms with Gasteiger partial charge in [0, 0.05) is 5.75 Å². The fourth-order valence-electron chi connectivity index (χ4n) is 0.604. The van der Waals surface area contributed by atoms with E-state index in [1.807, 2.05) is 6.92 Å². The normalized spacial score (nSPS) is 11.9. The lowest BCUT2D eigenvalue weighted by molar-refractivity contribution is -0.151. The van der Waals surface area contributed by atoms with Crippen molar-refractivity contribution in [3.8, 4) is 0 Å². The summed E-state index contributed by atoms with van der Waals surface area (Å²) in [7, 11) is 0. The summed E-state index contributed by atoms with van der Waals surface area (Å²) >= 11 is 1.03. The van der Waals surface area contributed by atoms with Gasteiger partial charge in [0.1, 0.15) is 0 Å². The van der Waals surface area contributed by atoms with E-state index >= 15 is 0 Å². The van der Waals surface area contributed by atoms with Crippen molar-refractivity contribution in [2.45, 2.75) is 26.9 Å². The maximum Gasteiger partial charge on any atom is 0.368 e. The molecule has 0 N–H and O–H groups in total. The number of hydrogen-bond donors (Lipinski definition) is 0. The van der Waals surface area contributed by atoms with E-state index < -0.39 is 17.4 Å². The number of hydrogen-bond acceptors (Lipinski definition) is 5. The molecule has 0 amide bonds. The van der Waals surface area contributed by atoms with Crippen LogP contribution in [0.3, 0.4) is 0 Å². The molecule has 0 aliphatic heterocycles. The van der Waals surface area contributed by atoms with Crippen LogP contribution in [0.15, 0.2) is 0 Å². The Morgan fingerprint density at radius 3 is 2.46 bits per heavy atom. The summed E-state index contributed by atoms with van der Waals surface area (Å²) in [4.78, 5) is 21.9. The van der Waals surface area contributed by atoms with Gasteiger partial charge in [0.2, 0.25) is 0 Å². The monoisotopic (exact) mass is 206 g/mol. The largest absolute Gasteiger partial charge is 0.463 e. The standard InChI is InChI=1S/C8H14O4S/c1-4-11-7(9)6(3)12-8(10)13-5-2/h6H,4-5H2,1-3H3. The van der Waals surface area contributed by atoms with Crippen LogP contribution in [0.5, 0.6) is 0 Å². The maximum atomic E-state index is 11.0. The Morgan fingerprint density at radius 2 is 2.00 bits per heavy atom. The molecule has 0 bridgehead atoms. The quantitative estimate of drug-likeness (QED) is 0.657. The van der Waals surface area contributed by atoms with Gasteiger partial charge in [-0.2, -0.15) is 0 Å². The molecule has 1 atom stereocenters. The first-order valence-corrected chi connectivity index (χ1v) is 5.10. The highest BCUT2D eigenvalue weighted by molar-refractivity contribution is 8.13. The summed E-state index contributed by atoms with van der Waals surface area (Å²) in [5, 5.41) is -0.442. The van der Waals surface area contributed by atoms with E-state index in [1.54, 1.807) is 6.92 Å². The van der Waals surface area contributed by atoms with E-state index in [0.717, 1.165) is 11.8 Å². The van der Waals surface area contributed by atoms with Crippen molar-refractivity contribution in [3.63, 3.8) is 0 Å². The summed E-state index contributed by atoms with van der Waals surface area (Å²) in [5.74, 6) is 0.126. The molecule has 1 unspecified atom stereocenters. The Bertz CT molecular complexity index is 181. The second-order valence-corrected chi connectivity index (χ2v) is 3.39. The minimum Gasteiger partial charge on any atom is -0.463 e. The summed E-state index contributed by atoms with van der Waals surface area (Å²) in [6, 6.07) is 0. The Labute approximate surface area is 82.0 Å². The van der Waals surface area contributed by atoms with Gasteiger partial charge in [0.05, 0.1) is 6.61 Å². The highest BCUT2D eigenvalue weighted by Crippen LogP contribution is 2.07. The van der Waals surface area contributed by atoms with Crippen LogP contribution < -0.4 is 0 Å². The molecule has 5 heteroatoms. The first-order chi connectivity index (χ1) is 6.11. The van der Waals surface area contributed by atoms with Crippen molar-refractivity contribution < 1.29 is 19.1 Å². The fraction of sp³-hybridized carbons (Fsp3) is 0.750. The van der Waals surface area contributed by atoms with Gasteiger partial charge < -0.3 is 9.47 Å². The molecule has 0 saturated carbocycles. The summed E-state index contributed by atoms with van der Waals surface area (Å²) in [6.45, 7) is 5.32. The molecule has 0 aliphatic carbocycles. The van der Waals surface area contributed by atoms with Crippen LogP contribution in [0, 0.1) is 0 Å². The average Bonchev–Trinajstić information content (AvgIpc) is 2.05. The second-order valence-electron chi connectivity index (χ2n) is 2.20. The van der Waals surface area contributed by atoms with Crippen molar-refractivity contribution in [3.05, 3.63) is 0 Å². The summed E-state index contributed by atoms with van der Waals surface area (Å²) in [6.07, 6.45) is -0.813. The molecule has 0 rings (SSSR count). The Balaban J connectivity index is 3.78. The molecule has 0 aromatic rings. The van der Waals surface area contributed by atoms with E-state index in [4.69, 9.17) is 4.74 Å². The number of ether oxygens (including phenoxy) is 2. The number of rotatable bonds is 4. The molecule has 0 fully saturated rings. The van der Waals surface area contributed by atoms with Gasteiger partial charge in [-0.1, -0.05) is 6.92 Å². The Morgan fingerprint density at radius 1 is 1.38 bits per heavy atom. The minimum absolute atomic E-state index is 0.293. The van der Waals surface area contributed by atoms with Gasteiger partial charge in [0.25, 0.3) is 0 Å². The molecular weight excluding hydrogens is 192 g/mol. The molecule has 0 saturated heterocycles. The first-order valence-electron chi connectivity index (χ1n) is 4.11. The first kappa shape index (κ1) is 12.3. The Hall–Kier alpha value is -0.710. The molecule has 0 aromatic carbocycles. The summed E-state index contributed by atoms with van der Waals surface area (Å²) in [5.41, 5.74) is 0. The molecule has 0 spiro atoms. The van der Waals surface area contributed by atoms with E-state index in [-0.39, 0.29) is 0 Å². The van der Waals surface area contributed by atoms with Crippen LogP contribution in [0.25, 0.3) is 0 Å². The molecule has 4 nitrogen and oxygen atoms in total. The van der Waals surface area contributed by atoms with E-state index in [2.05, 4.69) is 4.74 Å². The van der Waals surface area contributed by atoms with Crippen LogP contribution in [-0.4, -0.2) is 29.7 Å². The molecular formula is C8H14O4S. The van der Waals surface area contributed by atoms with Crippen molar-refractivity contribution in [1.82, 2.24) is 0 Å². The smallest absolute Gasteiger partial charge is 0.368 e. The van der Waals surface area contributed by atoms with E-state index in [0.29, 0.717) is 12.4 Å². The average molecular weight is 206 g/mol. The van der Waals surface area contributed by atoms with Crippen LogP contribution in [0.4, 0.5) is 4.79 Å². The maximum absolute atomic E-state index is 11.0. The topological polar surface area (TPSA) is 52.6 Å². The third-order valence-electron chi connectivity index (χ3n) is 1.15. The van der Waals surface area contributed by atoms with Gasteiger partial charge >= 0.3 is 11.3 Å². The van der Waals surface area contributed by atoms with Gasteiger partial charge in [0.15, 0.2) is 6.10 Å². The number of carbonyl (C=O) groups excluding carboxylic acids is 2. The molecule has 76 valence electrons. The second kappa shape index (κ2) is 6.77. The number of esters is 1. The minimum atomic E-state index is -0.813. The van der Waals surface area contributed by atoms with Crippen LogP contribution >= 0.6 is 11.8 Å². The third kappa shape index (κ3) is 5.52. The zero-order valence-corrected chi connectivity index (χ0v) is 8.85. The molecule has 0 heterocycles. The predicted octanol–water partition coefficient (Wildman–Crippen LogP) is 1.83. The lowest BCUT2D eigenvalue weighted by atomic mass is 10.4. The van der Waals surface area contributed by atoms with Crippen molar-refractivity contribution in [1.29, 1.82) is 0 Å². The third-order valence-corrected chi connectivity index (χ3v) is 1.77. The molecule has 13 heavy (non-hydrogen) atoms. The molecule has 0 radical (unpaired) electrons. The Kier molecular flexibility index (Phi) is 6.40. The number of carbonyl (C=O) groups is 2. The molecule has 0 aromatic heterocycles. The zero-order valence-electron chi connectivity index (χ0n) is 8.03. The highest BCUT2D eigenvalue weighted by atomic mass is 32.2.